The van der Waals surface area contributed by atoms with E-state index in [0.29, 0.717) is 30.8 Å². The topological polar surface area (TPSA) is 75.7 Å². The summed E-state index contributed by atoms with van der Waals surface area (Å²) in [6, 6.07) is 5.14. The second-order valence-corrected chi connectivity index (χ2v) is 9.51. The van der Waals surface area contributed by atoms with Crippen LogP contribution in [-0.4, -0.2) is 43.5 Å². The Bertz CT molecular complexity index is 730. The SMILES string of the molecule is Cc1ccc(S(=O)(=O)N2CCC(NC(=O)OC(C)(C)C)CC2)cc1C. The molecule has 1 amide bonds. The van der Waals surface area contributed by atoms with Gasteiger partial charge >= 0.3 is 6.09 Å². The van der Waals surface area contributed by atoms with Gasteiger partial charge < -0.3 is 10.1 Å². The minimum Gasteiger partial charge on any atom is -0.444 e. The van der Waals surface area contributed by atoms with Gasteiger partial charge in [-0.05, 0) is 70.7 Å². The van der Waals surface area contributed by atoms with Crippen molar-refractivity contribution in [1.29, 1.82) is 0 Å². The van der Waals surface area contributed by atoms with Gasteiger partial charge in [0.25, 0.3) is 0 Å². The van der Waals surface area contributed by atoms with Crippen molar-refractivity contribution in [3.8, 4) is 0 Å². The van der Waals surface area contributed by atoms with Crippen LogP contribution < -0.4 is 5.32 Å². The molecule has 7 heteroatoms. The van der Waals surface area contributed by atoms with E-state index >= 15 is 0 Å². The molecule has 25 heavy (non-hydrogen) atoms. The lowest BCUT2D eigenvalue weighted by Gasteiger charge is -2.32. The number of nitrogens with zero attached hydrogens (tertiary/aromatic N) is 1. The highest BCUT2D eigenvalue weighted by atomic mass is 32.2. The van der Waals surface area contributed by atoms with Crippen molar-refractivity contribution in [2.75, 3.05) is 13.1 Å². The summed E-state index contributed by atoms with van der Waals surface area (Å²) in [4.78, 5) is 12.2. The minimum atomic E-state index is -3.49. The van der Waals surface area contributed by atoms with Crippen molar-refractivity contribution in [3.63, 3.8) is 0 Å². The zero-order valence-corrected chi connectivity index (χ0v) is 16.4. The number of ether oxygens (including phenoxy) is 1. The van der Waals surface area contributed by atoms with Crippen molar-refractivity contribution >= 4 is 16.1 Å². The van der Waals surface area contributed by atoms with Crippen LogP contribution in [0.4, 0.5) is 4.79 Å². The predicted molar refractivity (Wildman–Crippen MR) is 97.1 cm³/mol. The summed E-state index contributed by atoms with van der Waals surface area (Å²) in [7, 11) is -3.49. The van der Waals surface area contributed by atoms with Crippen molar-refractivity contribution in [2.45, 2.75) is 64.0 Å². The Balaban J connectivity index is 1.97. The number of hydrogen-bond acceptors (Lipinski definition) is 4. The van der Waals surface area contributed by atoms with Crippen molar-refractivity contribution in [3.05, 3.63) is 29.3 Å². The van der Waals surface area contributed by atoms with Crippen molar-refractivity contribution in [1.82, 2.24) is 9.62 Å². The van der Waals surface area contributed by atoms with Gasteiger partial charge in [-0.25, -0.2) is 13.2 Å². The monoisotopic (exact) mass is 368 g/mol. The fourth-order valence-electron chi connectivity index (χ4n) is 2.74. The Morgan fingerprint density at radius 2 is 1.76 bits per heavy atom. The molecule has 1 aromatic rings. The molecular weight excluding hydrogens is 340 g/mol. The molecule has 0 radical (unpaired) electrons. The first-order valence-corrected chi connectivity index (χ1v) is 10.00. The lowest BCUT2D eigenvalue weighted by atomic mass is 10.1. The molecule has 1 N–H and O–H groups in total. The molecule has 0 saturated carbocycles. The third kappa shape index (κ3) is 5.19. The largest absolute Gasteiger partial charge is 0.444 e. The number of piperidine rings is 1. The fraction of sp³-hybridized carbons (Fsp3) is 0.611. The van der Waals surface area contributed by atoms with Crippen LogP contribution in [0.15, 0.2) is 23.1 Å². The number of alkyl carbamates (subject to hydrolysis) is 1. The molecule has 1 aliphatic heterocycles. The normalized spacial score (nSPS) is 17.3. The molecule has 1 aromatic carbocycles. The smallest absolute Gasteiger partial charge is 0.407 e. The van der Waals surface area contributed by atoms with Gasteiger partial charge in [0.2, 0.25) is 10.0 Å². The molecule has 1 aliphatic rings. The highest BCUT2D eigenvalue weighted by Gasteiger charge is 2.30. The molecule has 0 unspecified atom stereocenters. The summed E-state index contributed by atoms with van der Waals surface area (Å²) in [5.74, 6) is 0. The molecule has 1 heterocycles. The third-order valence-electron chi connectivity index (χ3n) is 4.29. The Morgan fingerprint density at radius 3 is 2.28 bits per heavy atom. The van der Waals surface area contributed by atoms with E-state index < -0.39 is 21.7 Å². The van der Waals surface area contributed by atoms with Crippen LogP contribution in [-0.2, 0) is 14.8 Å². The molecular formula is C18H28N2O4S. The molecule has 1 saturated heterocycles. The number of hydrogen-bond donors (Lipinski definition) is 1. The number of nitrogens with one attached hydrogen (secondary N) is 1. The van der Waals surface area contributed by atoms with E-state index in [1.165, 1.54) is 4.31 Å². The molecule has 0 spiro atoms. The maximum atomic E-state index is 12.8. The second kappa shape index (κ2) is 7.33. The standard InChI is InChI=1S/C18H28N2O4S/c1-13-6-7-16(12-14(13)2)25(22,23)20-10-8-15(9-11-20)19-17(21)24-18(3,4)5/h6-7,12,15H,8-11H2,1-5H3,(H,19,21). The Kier molecular flexibility index (Phi) is 5.79. The number of amides is 1. The number of sulfonamides is 1. The van der Waals surface area contributed by atoms with Gasteiger partial charge in [0, 0.05) is 19.1 Å². The minimum absolute atomic E-state index is 0.0685. The van der Waals surface area contributed by atoms with Crippen LogP contribution in [0.3, 0.4) is 0 Å². The van der Waals surface area contributed by atoms with Gasteiger partial charge in [0.05, 0.1) is 4.90 Å². The third-order valence-corrected chi connectivity index (χ3v) is 6.19. The average molecular weight is 368 g/mol. The molecule has 0 aliphatic carbocycles. The van der Waals surface area contributed by atoms with Crippen molar-refractivity contribution in [2.24, 2.45) is 0 Å². The van der Waals surface area contributed by atoms with E-state index in [-0.39, 0.29) is 6.04 Å². The summed E-state index contributed by atoms with van der Waals surface area (Å²) in [5.41, 5.74) is 1.49. The summed E-state index contributed by atoms with van der Waals surface area (Å²) in [6.45, 7) is 10.1. The van der Waals surface area contributed by atoms with E-state index in [9.17, 15) is 13.2 Å². The summed E-state index contributed by atoms with van der Waals surface area (Å²) >= 11 is 0. The van der Waals surface area contributed by atoms with Gasteiger partial charge in [0.15, 0.2) is 0 Å². The number of rotatable bonds is 3. The van der Waals surface area contributed by atoms with Crippen LogP contribution in [0, 0.1) is 13.8 Å². The zero-order valence-electron chi connectivity index (χ0n) is 15.6. The number of carbonyl (C=O) groups is 1. The number of aryl methyl sites for hydroxylation is 2. The first kappa shape index (κ1) is 19.7. The van der Waals surface area contributed by atoms with Gasteiger partial charge in [-0.1, -0.05) is 6.07 Å². The molecule has 6 nitrogen and oxygen atoms in total. The van der Waals surface area contributed by atoms with E-state index in [1.54, 1.807) is 12.1 Å². The molecule has 1 fully saturated rings. The van der Waals surface area contributed by atoms with Gasteiger partial charge in [-0.2, -0.15) is 4.31 Å². The zero-order chi connectivity index (χ0) is 18.8. The number of benzene rings is 1. The molecule has 140 valence electrons. The summed E-state index contributed by atoms with van der Waals surface area (Å²) in [5, 5.41) is 2.82. The van der Waals surface area contributed by atoms with Crippen LogP contribution in [0.5, 0.6) is 0 Å². The number of carbonyl (C=O) groups excluding carboxylic acids is 1. The quantitative estimate of drug-likeness (QED) is 0.890. The van der Waals surface area contributed by atoms with E-state index in [2.05, 4.69) is 5.32 Å². The summed E-state index contributed by atoms with van der Waals surface area (Å²) in [6.07, 6.45) is 0.690. The second-order valence-electron chi connectivity index (χ2n) is 7.57. The first-order chi connectivity index (χ1) is 11.5. The van der Waals surface area contributed by atoms with Crippen LogP contribution in [0.25, 0.3) is 0 Å². The maximum absolute atomic E-state index is 12.8. The highest BCUT2D eigenvalue weighted by Crippen LogP contribution is 2.23. The lowest BCUT2D eigenvalue weighted by Crippen LogP contribution is -2.47. The van der Waals surface area contributed by atoms with Crippen LogP contribution in [0.2, 0.25) is 0 Å². The van der Waals surface area contributed by atoms with Gasteiger partial charge in [0.1, 0.15) is 5.60 Å². The Labute approximate surface area is 150 Å². The van der Waals surface area contributed by atoms with Crippen LogP contribution in [0.1, 0.15) is 44.7 Å². The van der Waals surface area contributed by atoms with E-state index in [4.69, 9.17) is 4.74 Å². The fourth-order valence-corrected chi connectivity index (χ4v) is 4.29. The highest BCUT2D eigenvalue weighted by molar-refractivity contribution is 7.89. The first-order valence-electron chi connectivity index (χ1n) is 8.56. The van der Waals surface area contributed by atoms with Gasteiger partial charge in [-0.15, -0.1) is 0 Å². The summed E-state index contributed by atoms with van der Waals surface area (Å²) < 4.78 is 32.3. The molecule has 0 atom stereocenters. The Morgan fingerprint density at radius 1 is 1.16 bits per heavy atom. The van der Waals surface area contributed by atoms with Crippen LogP contribution >= 0.6 is 0 Å². The predicted octanol–water partition coefficient (Wildman–Crippen LogP) is 2.98. The molecule has 0 bridgehead atoms. The van der Waals surface area contributed by atoms with E-state index in [1.807, 2.05) is 40.7 Å². The van der Waals surface area contributed by atoms with Crippen molar-refractivity contribution < 1.29 is 17.9 Å². The lowest BCUT2D eigenvalue weighted by molar-refractivity contribution is 0.0489. The Hall–Kier alpha value is -1.60. The maximum Gasteiger partial charge on any atom is 0.407 e. The molecule has 0 aromatic heterocycles. The van der Waals surface area contributed by atoms with E-state index in [0.717, 1.165) is 11.1 Å². The van der Waals surface area contributed by atoms with Gasteiger partial charge in [-0.3, -0.25) is 0 Å². The average Bonchev–Trinajstić information content (AvgIpc) is 2.48. The molecule has 2 rings (SSSR count).